The van der Waals surface area contributed by atoms with E-state index < -0.39 is 18.2 Å². The Morgan fingerprint density at radius 3 is 2.59 bits per heavy atom. The largest absolute Gasteiger partial charge is 0.468 e. The average molecular weight is 443 g/mol. The third-order valence-electron chi connectivity index (χ3n) is 6.42. The van der Waals surface area contributed by atoms with Gasteiger partial charge in [-0.1, -0.05) is 23.8 Å². The average Bonchev–Trinajstić information content (AvgIpc) is 3.15. The summed E-state index contributed by atoms with van der Waals surface area (Å²) < 4.78 is 4.77. The number of methoxy groups -OCH3 is 1. The molecule has 172 valence electrons. The van der Waals surface area contributed by atoms with E-state index in [2.05, 4.69) is 35.3 Å². The molecule has 2 fully saturated rings. The van der Waals surface area contributed by atoms with Gasteiger partial charge in [0.25, 0.3) is 5.91 Å². The summed E-state index contributed by atoms with van der Waals surface area (Å²) in [5.41, 5.74) is 3.41. The number of amides is 3. The maximum Gasteiger partial charge on any atom is 0.325 e. The monoisotopic (exact) mass is 442 g/mol. The molecule has 0 spiro atoms. The molecule has 0 aromatic heterocycles. The number of piperazine rings is 1. The maximum atomic E-state index is 12.9. The van der Waals surface area contributed by atoms with Crippen molar-refractivity contribution in [2.45, 2.75) is 32.6 Å². The Balaban J connectivity index is 1.59. The fourth-order valence-electron chi connectivity index (χ4n) is 4.45. The van der Waals surface area contributed by atoms with Crippen molar-refractivity contribution in [2.75, 3.05) is 46.9 Å². The smallest absolute Gasteiger partial charge is 0.325 e. The van der Waals surface area contributed by atoms with Gasteiger partial charge in [0.2, 0.25) is 0 Å². The van der Waals surface area contributed by atoms with E-state index in [1.807, 2.05) is 16.7 Å². The van der Waals surface area contributed by atoms with Crippen molar-refractivity contribution in [1.29, 1.82) is 0 Å². The zero-order valence-corrected chi connectivity index (χ0v) is 19.0. The lowest BCUT2D eigenvalue weighted by Gasteiger charge is -2.40. The predicted molar refractivity (Wildman–Crippen MR) is 118 cm³/mol. The first-order valence-corrected chi connectivity index (χ1v) is 10.8. The number of fused-ring (bicyclic) bond motifs is 1. The number of hydrogen-bond acceptors (Lipinski definition) is 8. The third-order valence-corrected chi connectivity index (χ3v) is 6.42. The van der Waals surface area contributed by atoms with Crippen LogP contribution in [0.25, 0.3) is 0 Å². The molecule has 3 amide bonds. The van der Waals surface area contributed by atoms with Gasteiger partial charge in [-0.2, -0.15) is 0 Å². The highest BCUT2D eigenvalue weighted by molar-refractivity contribution is 6.03. The van der Waals surface area contributed by atoms with E-state index in [1.165, 1.54) is 12.0 Å². The van der Waals surface area contributed by atoms with Crippen molar-refractivity contribution in [3.8, 4) is 0 Å². The van der Waals surface area contributed by atoms with Gasteiger partial charge in [-0.25, -0.2) is 9.79 Å². The predicted octanol–water partition coefficient (Wildman–Crippen LogP) is 0.142. The normalized spacial score (nSPS) is 23.8. The number of aryl methyl sites for hydroxylation is 2. The van der Waals surface area contributed by atoms with Crippen LogP contribution in [0.3, 0.4) is 0 Å². The molecule has 4 rings (SSSR count). The molecule has 3 heterocycles. The first-order chi connectivity index (χ1) is 15.3. The number of imide groups is 1. The van der Waals surface area contributed by atoms with E-state index in [9.17, 15) is 14.4 Å². The minimum Gasteiger partial charge on any atom is -0.468 e. The number of ether oxygens (including phenoxy) is 1. The van der Waals surface area contributed by atoms with Crippen LogP contribution in [0.1, 0.15) is 16.7 Å². The van der Waals surface area contributed by atoms with Gasteiger partial charge in [-0.05, 0) is 25.0 Å². The molecular formula is C22H30N6O4. The number of rotatable bonds is 4. The summed E-state index contributed by atoms with van der Waals surface area (Å²) in [6.07, 6.45) is -0.565. The molecule has 3 aliphatic heterocycles. The lowest BCUT2D eigenvalue weighted by atomic mass is 10.0. The number of carbonyl (C=O) groups excluding carboxylic acids is 3. The number of benzene rings is 1. The van der Waals surface area contributed by atoms with Crippen LogP contribution in [0.2, 0.25) is 0 Å². The van der Waals surface area contributed by atoms with Crippen LogP contribution < -0.4 is 5.32 Å². The van der Waals surface area contributed by atoms with Crippen LogP contribution >= 0.6 is 0 Å². The van der Waals surface area contributed by atoms with Crippen molar-refractivity contribution in [1.82, 2.24) is 24.9 Å². The Kier molecular flexibility index (Phi) is 6.05. The molecule has 0 bridgehead atoms. The standard InChI is InChI=1S/C22H30N6O4/c1-14-5-6-15(2)16(11-14)12-28-18-19(25(3)22(31)24-20(18)30)23-21(28)27-9-7-26(8-10-27)13-17(29)32-4/h5-6,11,18-19H,7-10,12-13H2,1-4H3,(H,24,30,31). The van der Waals surface area contributed by atoms with Gasteiger partial charge in [-0.15, -0.1) is 0 Å². The summed E-state index contributed by atoms with van der Waals surface area (Å²) in [6.45, 7) is 7.57. The Hall–Kier alpha value is -3.14. The number of nitrogens with one attached hydrogen (secondary N) is 1. The zero-order chi connectivity index (χ0) is 23.0. The summed E-state index contributed by atoms with van der Waals surface area (Å²) in [6, 6.07) is 5.26. The van der Waals surface area contributed by atoms with Gasteiger partial charge >= 0.3 is 12.0 Å². The van der Waals surface area contributed by atoms with Gasteiger partial charge in [0.05, 0.1) is 13.7 Å². The molecule has 0 aliphatic carbocycles. The van der Waals surface area contributed by atoms with E-state index >= 15 is 0 Å². The fraction of sp³-hybridized carbons (Fsp3) is 0.545. The number of esters is 1. The third kappa shape index (κ3) is 4.14. The number of likely N-dealkylation sites (N-methyl/N-ethyl adjacent to an activating group) is 1. The van der Waals surface area contributed by atoms with Gasteiger partial charge in [0.15, 0.2) is 18.2 Å². The van der Waals surface area contributed by atoms with Gasteiger partial charge < -0.3 is 19.4 Å². The molecule has 1 aromatic carbocycles. The summed E-state index contributed by atoms with van der Waals surface area (Å²) in [7, 11) is 3.05. The topological polar surface area (TPSA) is 97.8 Å². The number of hydrogen-bond donors (Lipinski definition) is 1. The van der Waals surface area contributed by atoms with Crippen molar-refractivity contribution >= 4 is 23.9 Å². The summed E-state index contributed by atoms with van der Waals surface area (Å²) in [5.74, 6) is 0.137. The second kappa shape index (κ2) is 8.78. The van der Waals surface area contributed by atoms with Crippen molar-refractivity contribution in [3.63, 3.8) is 0 Å². The number of carbonyl (C=O) groups is 3. The Bertz CT molecular complexity index is 956. The molecule has 1 aromatic rings. The summed E-state index contributed by atoms with van der Waals surface area (Å²) >= 11 is 0. The van der Waals surface area contributed by atoms with Crippen molar-refractivity contribution < 1.29 is 19.1 Å². The van der Waals surface area contributed by atoms with Gasteiger partial charge in [0, 0.05) is 39.8 Å². The highest BCUT2D eigenvalue weighted by atomic mass is 16.5. The molecule has 10 nitrogen and oxygen atoms in total. The molecule has 2 unspecified atom stereocenters. The minimum atomic E-state index is -0.583. The lowest BCUT2D eigenvalue weighted by molar-refractivity contribution is -0.142. The molecular weight excluding hydrogens is 412 g/mol. The number of aliphatic imine (C=N–C) groups is 1. The second-order valence-electron chi connectivity index (χ2n) is 8.59. The molecule has 2 atom stereocenters. The highest BCUT2D eigenvalue weighted by Gasteiger charge is 2.50. The van der Waals surface area contributed by atoms with Crippen molar-refractivity contribution in [2.24, 2.45) is 4.99 Å². The van der Waals surface area contributed by atoms with Gasteiger partial charge in [0.1, 0.15) is 0 Å². The first kappa shape index (κ1) is 22.1. The highest BCUT2D eigenvalue weighted by Crippen LogP contribution is 2.28. The number of nitrogens with zero attached hydrogens (tertiary/aromatic N) is 5. The minimum absolute atomic E-state index is 0.254. The van der Waals surface area contributed by atoms with Crippen LogP contribution in [-0.4, -0.2) is 103 Å². The summed E-state index contributed by atoms with van der Waals surface area (Å²) in [5, 5.41) is 2.46. The maximum absolute atomic E-state index is 12.9. The van der Waals surface area contributed by atoms with E-state index in [4.69, 9.17) is 9.73 Å². The number of urea groups is 1. The lowest BCUT2D eigenvalue weighted by Crippen LogP contribution is -2.64. The van der Waals surface area contributed by atoms with Crippen LogP contribution in [0, 0.1) is 13.8 Å². The molecule has 32 heavy (non-hydrogen) atoms. The van der Waals surface area contributed by atoms with Crippen LogP contribution in [0.4, 0.5) is 4.79 Å². The first-order valence-electron chi connectivity index (χ1n) is 10.8. The quantitative estimate of drug-likeness (QED) is 0.663. The Labute approximate surface area is 187 Å². The molecule has 2 saturated heterocycles. The van der Waals surface area contributed by atoms with E-state index in [1.54, 1.807) is 7.05 Å². The number of guanidine groups is 1. The molecule has 3 aliphatic rings. The second-order valence-corrected chi connectivity index (χ2v) is 8.59. The van der Waals surface area contributed by atoms with Crippen LogP contribution in [-0.2, 0) is 20.9 Å². The van der Waals surface area contributed by atoms with Crippen LogP contribution in [0.15, 0.2) is 23.2 Å². The molecule has 10 heteroatoms. The molecule has 0 saturated carbocycles. The Morgan fingerprint density at radius 2 is 1.91 bits per heavy atom. The zero-order valence-electron chi connectivity index (χ0n) is 19.0. The van der Waals surface area contributed by atoms with E-state index in [0.717, 1.165) is 22.6 Å². The van der Waals surface area contributed by atoms with Crippen LogP contribution in [0.5, 0.6) is 0 Å². The van der Waals surface area contributed by atoms with E-state index in [-0.39, 0.29) is 18.4 Å². The summed E-state index contributed by atoms with van der Waals surface area (Å²) in [4.78, 5) is 49.2. The SMILES string of the molecule is COC(=O)CN1CCN(C2=NC3C(C(=O)NC(=O)N3C)N2Cc2cc(C)ccc2C)CC1. The Morgan fingerprint density at radius 1 is 1.19 bits per heavy atom. The fourth-order valence-corrected chi connectivity index (χ4v) is 4.45. The molecule has 1 N–H and O–H groups in total. The van der Waals surface area contributed by atoms with Gasteiger partial charge in [-0.3, -0.25) is 19.8 Å². The van der Waals surface area contributed by atoms with Crippen molar-refractivity contribution in [3.05, 3.63) is 34.9 Å². The van der Waals surface area contributed by atoms with E-state index in [0.29, 0.717) is 32.7 Å². The molecule has 0 radical (unpaired) electrons.